The number of hydrogen-bond donors (Lipinski definition) is 1. The molecule has 3 rings (SSSR count). The number of alkyl halides is 6. The van der Waals surface area contributed by atoms with E-state index in [1.54, 1.807) is 0 Å². The van der Waals surface area contributed by atoms with Crippen molar-refractivity contribution in [2.45, 2.75) is 18.3 Å². The van der Waals surface area contributed by atoms with Crippen LogP contribution in [0.1, 0.15) is 33.0 Å². The SMILES string of the molecule is O=C(CNc1cccc(Cl)n1)c1ccc(/C(F)=C/C(c2cc(Cl)c(Cl)c(Cl)c2)C(F)(F)F)cc1C(F)(F)F. The molecule has 0 saturated heterocycles. The van der Waals surface area contributed by atoms with E-state index in [2.05, 4.69) is 10.3 Å². The van der Waals surface area contributed by atoms with Gasteiger partial charge in [0.15, 0.2) is 5.78 Å². The molecular formula is C24H13Cl4F7N2O. The minimum absolute atomic E-state index is 0.0744. The number of halogens is 11. The van der Waals surface area contributed by atoms with E-state index in [-0.39, 0.29) is 38.2 Å². The van der Waals surface area contributed by atoms with Crippen LogP contribution in [0.4, 0.5) is 36.6 Å². The fourth-order valence-electron chi connectivity index (χ4n) is 3.32. The highest BCUT2D eigenvalue weighted by Crippen LogP contribution is 2.42. The second-order valence-electron chi connectivity index (χ2n) is 7.71. The summed E-state index contributed by atoms with van der Waals surface area (Å²) in [6, 6.07) is 7.70. The molecular weight excluding hydrogens is 607 g/mol. The largest absolute Gasteiger partial charge is 0.417 e. The van der Waals surface area contributed by atoms with Crippen LogP contribution >= 0.6 is 46.4 Å². The van der Waals surface area contributed by atoms with Crippen LogP contribution in [0.2, 0.25) is 20.2 Å². The van der Waals surface area contributed by atoms with Crippen molar-refractivity contribution in [1.29, 1.82) is 0 Å². The zero-order valence-electron chi connectivity index (χ0n) is 18.5. The van der Waals surface area contributed by atoms with Crippen LogP contribution in [0.25, 0.3) is 5.83 Å². The Morgan fingerprint density at radius 3 is 2.13 bits per heavy atom. The number of allylic oxidation sites excluding steroid dienone is 1. The molecule has 0 fully saturated rings. The Labute approximate surface area is 231 Å². The quantitative estimate of drug-likeness (QED) is 0.124. The standard InChI is InChI=1S/C24H13Cl4F7N2O/c25-16-7-12(8-17(26)22(16)28)14(23(30,31)32)9-18(29)11-4-5-13(15(6-11)24(33,34)35)19(38)10-36-21-3-1-2-20(27)37-21/h1-9,14H,10H2,(H,36,37)/b18-9-. The lowest BCUT2D eigenvalue weighted by atomic mass is 9.95. The Bertz CT molecular complexity index is 1370. The Morgan fingerprint density at radius 2 is 1.58 bits per heavy atom. The normalized spacial score (nSPS) is 13.4. The number of Topliss-reactive ketones (excluding diaryl/α,β-unsaturated/α-hetero) is 1. The number of aromatic nitrogens is 1. The zero-order valence-corrected chi connectivity index (χ0v) is 21.5. The third kappa shape index (κ3) is 7.31. The first-order valence-electron chi connectivity index (χ1n) is 10.3. The molecule has 0 aliphatic carbocycles. The third-order valence-corrected chi connectivity index (χ3v) is 6.48. The molecule has 1 unspecified atom stereocenters. The summed E-state index contributed by atoms with van der Waals surface area (Å²) < 4.78 is 97.5. The summed E-state index contributed by atoms with van der Waals surface area (Å²) in [6.45, 7) is -0.623. The van der Waals surface area contributed by atoms with Crippen LogP contribution in [0, 0.1) is 0 Å². The molecule has 0 bridgehead atoms. The van der Waals surface area contributed by atoms with Crippen LogP contribution in [-0.2, 0) is 6.18 Å². The molecule has 3 nitrogen and oxygen atoms in total. The number of carbonyl (C=O) groups excluding carboxylic acids is 1. The van der Waals surface area contributed by atoms with Gasteiger partial charge in [0, 0.05) is 11.1 Å². The molecule has 1 aromatic heterocycles. The van der Waals surface area contributed by atoms with Crippen molar-refractivity contribution in [3.8, 4) is 0 Å². The fourth-order valence-corrected chi connectivity index (χ4v) is 4.10. The van der Waals surface area contributed by atoms with Crippen molar-refractivity contribution in [3.63, 3.8) is 0 Å². The summed E-state index contributed by atoms with van der Waals surface area (Å²) >= 11 is 23.0. The third-order valence-electron chi connectivity index (χ3n) is 5.08. The van der Waals surface area contributed by atoms with Crippen molar-refractivity contribution in [3.05, 3.63) is 97.1 Å². The molecule has 38 heavy (non-hydrogen) atoms. The van der Waals surface area contributed by atoms with Gasteiger partial charge in [-0.2, -0.15) is 26.3 Å². The van der Waals surface area contributed by atoms with E-state index in [1.165, 1.54) is 18.2 Å². The highest BCUT2D eigenvalue weighted by atomic mass is 35.5. The van der Waals surface area contributed by atoms with Crippen molar-refractivity contribution in [2.24, 2.45) is 0 Å². The van der Waals surface area contributed by atoms with Crippen LogP contribution in [0.3, 0.4) is 0 Å². The Kier molecular flexibility index (Phi) is 9.24. The summed E-state index contributed by atoms with van der Waals surface area (Å²) in [5.41, 5.74) is -3.79. The maximum atomic E-state index is 15.0. The van der Waals surface area contributed by atoms with E-state index in [9.17, 15) is 35.5 Å². The average Bonchev–Trinajstić information content (AvgIpc) is 2.82. The molecule has 1 atom stereocenters. The van der Waals surface area contributed by atoms with Gasteiger partial charge in [0.1, 0.15) is 22.7 Å². The Hall–Kier alpha value is -2.53. The van der Waals surface area contributed by atoms with Crippen LogP contribution in [0.15, 0.2) is 54.6 Å². The number of rotatable bonds is 7. The summed E-state index contributed by atoms with van der Waals surface area (Å²) in [7, 11) is 0. The first kappa shape index (κ1) is 30.0. The molecule has 0 aliphatic rings. The number of carbonyl (C=O) groups is 1. The number of nitrogens with zero attached hydrogens (tertiary/aromatic N) is 1. The number of anilines is 1. The zero-order chi connectivity index (χ0) is 28.4. The van der Waals surface area contributed by atoms with Gasteiger partial charge >= 0.3 is 12.4 Å². The number of nitrogens with one attached hydrogen (secondary N) is 1. The molecule has 0 spiro atoms. The van der Waals surface area contributed by atoms with Gasteiger partial charge in [-0.3, -0.25) is 4.79 Å². The van der Waals surface area contributed by atoms with E-state index >= 15 is 0 Å². The lowest BCUT2D eigenvalue weighted by Gasteiger charge is -2.19. The van der Waals surface area contributed by atoms with E-state index in [1.807, 2.05) is 0 Å². The van der Waals surface area contributed by atoms with E-state index in [0.29, 0.717) is 6.07 Å². The second kappa shape index (κ2) is 11.7. The monoisotopic (exact) mass is 618 g/mol. The topological polar surface area (TPSA) is 42.0 Å². The van der Waals surface area contributed by atoms with Gasteiger partial charge in [-0.1, -0.05) is 64.6 Å². The lowest BCUT2D eigenvalue weighted by molar-refractivity contribution is -0.140. The highest BCUT2D eigenvalue weighted by Gasteiger charge is 2.41. The highest BCUT2D eigenvalue weighted by molar-refractivity contribution is 6.48. The Balaban J connectivity index is 1.98. The van der Waals surface area contributed by atoms with E-state index in [0.717, 1.165) is 18.2 Å². The molecule has 0 amide bonds. The summed E-state index contributed by atoms with van der Waals surface area (Å²) in [5, 5.41) is 1.71. The average molecular weight is 620 g/mol. The fraction of sp³-hybridized carbons (Fsp3) is 0.167. The van der Waals surface area contributed by atoms with Crippen LogP contribution in [0.5, 0.6) is 0 Å². The summed E-state index contributed by atoms with van der Waals surface area (Å²) in [5.74, 6) is -5.17. The van der Waals surface area contributed by atoms with E-state index < -0.39 is 58.7 Å². The molecule has 0 radical (unpaired) electrons. The molecule has 0 aliphatic heterocycles. The van der Waals surface area contributed by atoms with Crippen LogP contribution in [-0.4, -0.2) is 23.5 Å². The summed E-state index contributed by atoms with van der Waals surface area (Å²) in [6.07, 6.45) is -10.1. The van der Waals surface area contributed by atoms with E-state index in [4.69, 9.17) is 46.4 Å². The molecule has 2 aromatic carbocycles. The number of benzene rings is 2. The van der Waals surface area contributed by atoms with Gasteiger partial charge in [0.05, 0.1) is 27.2 Å². The molecule has 0 saturated carbocycles. The van der Waals surface area contributed by atoms with Crippen molar-refractivity contribution in [1.82, 2.24) is 4.98 Å². The molecule has 14 heteroatoms. The van der Waals surface area contributed by atoms with Gasteiger partial charge in [-0.25, -0.2) is 9.37 Å². The van der Waals surface area contributed by atoms with Crippen molar-refractivity contribution >= 4 is 63.8 Å². The molecule has 3 aromatic rings. The van der Waals surface area contributed by atoms with Crippen LogP contribution < -0.4 is 5.32 Å². The van der Waals surface area contributed by atoms with Gasteiger partial charge in [0.25, 0.3) is 0 Å². The van der Waals surface area contributed by atoms with Gasteiger partial charge in [-0.05, 0) is 42.0 Å². The minimum Gasteiger partial charge on any atom is -0.363 e. The van der Waals surface area contributed by atoms with Gasteiger partial charge in [-0.15, -0.1) is 0 Å². The molecule has 1 heterocycles. The number of pyridine rings is 1. The maximum Gasteiger partial charge on any atom is 0.417 e. The first-order valence-corrected chi connectivity index (χ1v) is 11.8. The predicted molar refractivity (Wildman–Crippen MR) is 133 cm³/mol. The maximum absolute atomic E-state index is 15.0. The van der Waals surface area contributed by atoms with Crippen molar-refractivity contribution in [2.75, 3.05) is 11.9 Å². The number of ketones is 1. The first-order chi connectivity index (χ1) is 17.6. The lowest BCUT2D eigenvalue weighted by Crippen LogP contribution is -2.20. The van der Waals surface area contributed by atoms with Gasteiger partial charge in [0.2, 0.25) is 0 Å². The van der Waals surface area contributed by atoms with Gasteiger partial charge < -0.3 is 5.32 Å². The Morgan fingerprint density at radius 1 is 0.947 bits per heavy atom. The predicted octanol–water partition coefficient (Wildman–Crippen LogP) is 9.67. The van der Waals surface area contributed by atoms with Crippen molar-refractivity contribution < 1.29 is 35.5 Å². The molecule has 1 N–H and O–H groups in total. The number of hydrogen-bond acceptors (Lipinski definition) is 3. The molecule has 202 valence electrons. The summed E-state index contributed by atoms with van der Waals surface area (Å²) in [4.78, 5) is 16.4. The minimum atomic E-state index is -5.13. The smallest absolute Gasteiger partial charge is 0.363 e. The second-order valence-corrected chi connectivity index (χ2v) is 9.29.